The lowest BCUT2D eigenvalue weighted by molar-refractivity contribution is 0.0600. The van der Waals surface area contributed by atoms with Crippen LogP contribution in [0.5, 0.6) is 11.5 Å². The normalized spacial score (nSPS) is 12.4. The fourth-order valence-electron chi connectivity index (χ4n) is 2.36. The van der Waals surface area contributed by atoms with E-state index in [9.17, 15) is 9.59 Å². The molecule has 124 valence electrons. The second-order valence-electron chi connectivity index (χ2n) is 5.19. The minimum absolute atomic E-state index is 0.261. The topological polar surface area (TPSA) is 86.8 Å². The Kier molecular flexibility index (Phi) is 4.33. The molecule has 2 heterocycles. The molecule has 0 radical (unpaired) electrons. The largest absolute Gasteiger partial charge is 0.486 e. The quantitative estimate of drug-likeness (QED) is 0.869. The lowest BCUT2D eigenvalue weighted by Gasteiger charge is -2.20. The van der Waals surface area contributed by atoms with E-state index >= 15 is 0 Å². The van der Waals surface area contributed by atoms with Gasteiger partial charge in [-0.05, 0) is 36.8 Å². The van der Waals surface area contributed by atoms with Gasteiger partial charge >= 0.3 is 5.97 Å². The van der Waals surface area contributed by atoms with Gasteiger partial charge in [-0.3, -0.25) is 4.79 Å². The van der Waals surface area contributed by atoms with Crippen molar-refractivity contribution in [2.45, 2.75) is 6.92 Å². The Balaban J connectivity index is 1.84. The Morgan fingerprint density at radius 2 is 1.88 bits per heavy atom. The van der Waals surface area contributed by atoms with E-state index in [2.05, 4.69) is 15.0 Å². The second-order valence-corrected chi connectivity index (χ2v) is 5.19. The molecule has 7 heteroatoms. The number of hydrogen-bond acceptors (Lipinski definition) is 6. The van der Waals surface area contributed by atoms with Crippen LogP contribution in [0.1, 0.15) is 26.3 Å². The third-order valence-electron chi connectivity index (χ3n) is 3.56. The molecule has 1 amide bonds. The van der Waals surface area contributed by atoms with E-state index in [4.69, 9.17) is 9.47 Å². The summed E-state index contributed by atoms with van der Waals surface area (Å²) < 4.78 is 15.6. The van der Waals surface area contributed by atoms with Crippen molar-refractivity contribution >= 4 is 17.7 Å². The summed E-state index contributed by atoms with van der Waals surface area (Å²) in [7, 11) is 1.29. The van der Waals surface area contributed by atoms with E-state index in [0.717, 1.165) is 5.56 Å². The van der Waals surface area contributed by atoms with Gasteiger partial charge in [0, 0.05) is 11.8 Å². The molecule has 0 saturated carbocycles. The van der Waals surface area contributed by atoms with E-state index in [1.165, 1.54) is 25.4 Å². The van der Waals surface area contributed by atoms with E-state index in [-0.39, 0.29) is 11.7 Å². The zero-order chi connectivity index (χ0) is 17.1. The summed E-state index contributed by atoms with van der Waals surface area (Å²) in [5, 5.41) is 2.67. The minimum atomic E-state index is -0.497. The molecule has 1 aromatic heterocycles. The molecule has 0 saturated heterocycles. The maximum Gasteiger partial charge on any atom is 0.338 e. The Bertz CT molecular complexity index is 804. The molecule has 1 aliphatic heterocycles. The van der Waals surface area contributed by atoms with Crippen LogP contribution in [0.15, 0.2) is 30.5 Å². The Morgan fingerprint density at radius 1 is 1.17 bits per heavy atom. The predicted octanol–water partition coefficient (Wildman–Crippen LogP) is 2.20. The fourth-order valence-corrected chi connectivity index (χ4v) is 2.36. The molecule has 0 spiro atoms. The van der Waals surface area contributed by atoms with Crippen LogP contribution in [-0.4, -0.2) is 37.2 Å². The van der Waals surface area contributed by atoms with Gasteiger partial charge in [0.1, 0.15) is 19.0 Å². The van der Waals surface area contributed by atoms with Gasteiger partial charge in [0.25, 0.3) is 5.91 Å². The highest BCUT2D eigenvalue weighted by Crippen LogP contribution is 2.33. The van der Waals surface area contributed by atoms with Gasteiger partial charge in [-0.2, -0.15) is 0 Å². The summed E-state index contributed by atoms with van der Waals surface area (Å²) in [5.74, 6) is 0.578. The standard InChI is InChI=1S/C17H16N2O5/c1-10-7-13-14(24-6-5-23-13)9-12(10)16(20)19-15-8-11(3-4-18-15)17(21)22-2/h3-4,7-9H,5-6H2,1-2H3,(H,18,19,20). The number of esters is 1. The van der Waals surface area contributed by atoms with Gasteiger partial charge in [0.2, 0.25) is 0 Å². The van der Waals surface area contributed by atoms with Crippen molar-refractivity contribution < 1.29 is 23.8 Å². The number of nitrogens with zero attached hydrogens (tertiary/aromatic N) is 1. The third kappa shape index (κ3) is 3.15. The highest BCUT2D eigenvalue weighted by molar-refractivity contribution is 6.05. The second kappa shape index (κ2) is 6.57. The molecule has 2 aromatic rings. The highest BCUT2D eigenvalue weighted by atomic mass is 16.6. The number of benzene rings is 1. The van der Waals surface area contributed by atoms with Gasteiger partial charge in [-0.15, -0.1) is 0 Å². The number of pyridine rings is 1. The van der Waals surface area contributed by atoms with Crippen molar-refractivity contribution in [1.82, 2.24) is 4.98 Å². The molecule has 0 aliphatic carbocycles. The van der Waals surface area contributed by atoms with Gasteiger partial charge in [-0.25, -0.2) is 9.78 Å². The summed E-state index contributed by atoms with van der Waals surface area (Å²) in [4.78, 5) is 28.1. The minimum Gasteiger partial charge on any atom is -0.486 e. The van der Waals surface area contributed by atoms with Crippen LogP contribution in [0.3, 0.4) is 0 Å². The van der Waals surface area contributed by atoms with Gasteiger partial charge < -0.3 is 19.5 Å². The van der Waals surface area contributed by atoms with Crippen LogP contribution < -0.4 is 14.8 Å². The van der Waals surface area contributed by atoms with E-state index in [0.29, 0.717) is 35.8 Å². The van der Waals surface area contributed by atoms with Gasteiger partial charge in [0.05, 0.1) is 12.7 Å². The summed E-state index contributed by atoms with van der Waals surface area (Å²) in [6.07, 6.45) is 1.43. The molecule has 24 heavy (non-hydrogen) atoms. The molecule has 1 N–H and O–H groups in total. The molecule has 0 atom stereocenters. The number of methoxy groups -OCH3 is 1. The number of amides is 1. The maximum absolute atomic E-state index is 12.5. The highest BCUT2D eigenvalue weighted by Gasteiger charge is 2.18. The van der Waals surface area contributed by atoms with Crippen LogP contribution in [-0.2, 0) is 4.74 Å². The van der Waals surface area contributed by atoms with Crippen molar-refractivity contribution in [3.8, 4) is 11.5 Å². The maximum atomic E-state index is 12.5. The van der Waals surface area contributed by atoms with Crippen molar-refractivity contribution in [3.63, 3.8) is 0 Å². The van der Waals surface area contributed by atoms with Crippen LogP contribution >= 0.6 is 0 Å². The number of aryl methyl sites for hydroxylation is 1. The SMILES string of the molecule is COC(=O)c1ccnc(NC(=O)c2cc3c(cc2C)OCCO3)c1. The summed E-state index contributed by atoms with van der Waals surface area (Å²) in [6.45, 7) is 2.74. The number of fused-ring (bicyclic) bond motifs is 1. The number of nitrogens with one attached hydrogen (secondary N) is 1. The molecule has 7 nitrogen and oxygen atoms in total. The number of anilines is 1. The fraction of sp³-hybridized carbons (Fsp3) is 0.235. The lowest BCUT2D eigenvalue weighted by Crippen LogP contribution is -2.18. The van der Waals surface area contributed by atoms with Crippen molar-refractivity contribution in [3.05, 3.63) is 47.2 Å². The van der Waals surface area contributed by atoms with Crippen LogP contribution in [0.2, 0.25) is 0 Å². The zero-order valence-electron chi connectivity index (χ0n) is 13.3. The van der Waals surface area contributed by atoms with Crippen LogP contribution in [0.4, 0.5) is 5.82 Å². The van der Waals surface area contributed by atoms with Crippen molar-refractivity contribution in [1.29, 1.82) is 0 Å². The summed E-state index contributed by atoms with van der Waals surface area (Å²) in [5.41, 5.74) is 1.51. The van der Waals surface area contributed by atoms with Crippen molar-refractivity contribution in [2.24, 2.45) is 0 Å². The number of carbonyl (C=O) groups excluding carboxylic acids is 2. The number of carbonyl (C=O) groups is 2. The first-order valence-electron chi connectivity index (χ1n) is 7.34. The van der Waals surface area contributed by atoms with Crippen molar-refractivity contribution in [2.75, 3.05) is 25.6 Å². The van der Waals surface area contributed by atoms with Crippen LogP contribution in [0, 0.1) is 6.92 Å². The first kappa shape index (κ1) is 15.8. The molecular formula is C17H16N2O5. The first-order valence-corrected chi connectivity index (χ1v) is 7.34. The number of rotatable bonds is 3. The smallest absolute Gasteiger partial charge is 0.338 e. The lowest BCUT2D eigenvalue weighted by atomic mass is 10.1. The number of hydrogen-bond donors (Lipinski definition) is 1. The monoisotopic (exact) mass is 328 g/mol. The van der Waals surface area contributed by atoms with E-state index in [1.807, 2.05) is 6.92 Å². The van der Waals surface area contributed by atoms with Gasteiger partial charge in [0.15, 0.2) is 11.5 Å². The Morgan fingerprint density at radius 3 is 2.58 bits per heavy atom. The predicted molar refractivity (Wildman–Crippen MR) is 85.7 cm³/mol. The van der Waals surface area contributed by atoms with Crippen LogP contribution in [0.25, 0.3) is 0 Å². The van der Waals surface area contributed by atoms with E-state index in [1.54, 1.807) is 12.1 Å². The molecule has 0 fully saturated rings. The molecule has 0 unspecified atom stereocenters. The Labute approximate surface area is 138 Å². The first-order chi connectivity index (χ1) is 11.6. The average molecular weight is 328 g/mol. The number of ether oxygens (including phenoxy) is 3. The Hall–Kier alpha value is -3.09. The average Bonchev–Trinajstić information content (AvgIpc) is 2.60. The zero-order valence-corrected chi connectivity index (χ0v) is 13.3. The summed E-state index contributed by atoms with van der Waals surface area (Å²) in [6, 6.07) is 6.37. The molecule has 0 bridgehead atoms. The third-order valence-corrected chi connectivity index (χ3v) is 3.56. The molecule has 1 aliphatic rings. The van der Waals surface area contributed by atoms with Gasteiger partial charge in [-0.1, -0.05) is 0 Å². The molecular weight excluding hydrogens is 312 g/mol. The molecule has 1 aromatic carbocycles. The number of aromatic nitrogens is 1. The van der Waals surface area contributed by atoms with E-state index < -0.39 is 5.97 Å². The molecule has 3 rings (SSSR count). The summed E-state index contributed by atoms with van der Waals surface area (Å²) >= 11 is 0.